The molecule has 0 spiro atoms. The van der Waals surface area contributed by atoms with E-state index in [0.717, 1.165) is 5.56 Å². The van der Waals surface area contributed by atoms with Crippen LogP contribution in [0.5, 0.6) is 0 Å². The quantitative estimate of drug-likeness (QED) is 0.544. The Hall–Kier alpha value is -3.61. The SMILES string of the molecule is Fc1ccccc1Cc1nc2ncn3nc(-c4ccccc4)nc3c2[nH]1. The van der Waals surface area contributed by atoms with Gasteiger partial charge in [0.1, 0.15) is 23.5 Å². The monoisotopic (exact) mass is 344 g/mol. The van der Waals surface area contributed by atoms with Gasteiger partial charge in [0, 0.05) is 12.0 Å². The van der Waals surface area contributed by atoms with Crippen molar-refractivity contribution in [2.45, 2.75) is 6.42 Å². The van der Waals surface area contributed by atoms with Crippen LogP contribution in [-0.4, -0.2) is 29.5 Å². The Kier molecular flexibility index (Phi) is 3.24. The van der Waals surface area contributed by atoms with Gasteiger partial charge in [-0.1, -0.05) is 48.5 Å². The average molecular weight is 344 g/mol. The highest BCUT2D eigenvalue weighted by Crippen LogP contribution is 2.20. The Morgan fingerprint density at radius 2 is 1.77 bits per heavy atom. The van der Waals surface area contributed by atoms with Gasteiger partial charge >= 0.3 is 0 Å². The summed E-state index contributed by atoms with van der Waals surface area (Å²) in [6.07, 6.45) is 1.94. The van der Waals surface area contributed by atoms with Gasteiger partial charge < -0.3 is 4.98 Å². The first kappa shape index (κ1) is 14.7. The molecule has 0 unspecified atom stereocenters. The lowest BCUT2D eigenvalue weighted by Crippen LogP contribution is -1.93. The van der Waals surface area contributed by atoms with Crippen molar-refractivity contribution >= 4 is 16.8 Å². The number of fused-ring (bicyclic) bond motifs is 3. The summed E-state index contributed by atoms with van der Waals surface area (Å²) < 4.78 is 15.5. The predicted octanol–water partition coefficient (Wildman–Crippen LogP) is 3.40. The number of H-pyrrole nitrogens is 1. The van der Waals surface area contributed by atoms with Crippen molar-refractivity contribution in [3.8, 4) is 11.4 Å². The zero-order valence-corrected chi connectivity index (χ0v) is 13.6. The molecule has 0 saturated carbocycles. The molecule has 26 heavy (non-hydrogen) atoms. The Balaban J connectivity index is 1.61. The van der Waals surface area contributed by atoms with Crippen molar-refractivity contribution in [2.24, 2.45) is 0 Å². The van der Waals surface area contributed by atoms with Gasteiger partial charge in [-0.3, -0.25) is 0 Å². The first-order chi connectivity index (χ1) is 12.8. The maximum absolute atomic E-state index is 13.9. The molecule has 0 aliphatic heterocycles. The van der Waals surface area contributed by atoms with Crippen molar-refractivity contribution in [3.63, 3.8) is 0 Å². The fourth-order valence-electron chi connectivity index (χ4n) is 2.96. The van der Waals surface area contributed by atoms with Crippen LogP contribution in [0.4, 0.5) is 4.39 Å². The van der Waals surface area contributed by atoms with Crippen LogP contribution in [0.25, 0.3) is 28.2 Å². The second-order valence-electron chi connectivity index (χ2n) is 5.96. The largest absolute Gasteiger partial charge is 0.337 e. The highest BCUT2D eigenvalue weighted by atomic mass is 19.1. The van der Waals surface area contributed by atoms with Gasteiger partial charge in [-0.25, -0.2) is 19.3 Å². The lowest BCUT2D eigenvalue weighted by Gasteiger charge is -1.99. The van der Waals surface area contributed by atoms with Crippen LogP contribution in [0.15, 0.2) is 60.9 Å². The van der Waals surface area contributed by atoms with Crippen LogP contribution in [0, 0.1) is 5.82 Å². The van der Waals surface area contributed by atoms with Crippen LogP contribution >= 0.6 is 0 Å². The number of imidazole rings is 1. The lowest BCUT2D eigenvalue weighted by atomic mass is 10.1. The van der Waals surface area contributed by atoms with Crippen molar-refractivity contribution in [1.82, 2.24) is 29.5 Å². The van der Waals surface area contributed by atoms with E-state index in [1.54, 1.807) is 23.0 Å². The van der Waals surface area contributed by atoms with E-state index in [1.165, 1.54) is 6.07 Å². The van der Waals surface area contributed by atoms with Crippen LogP contribution in [0.2, 0.25) is 0 Å². The summed E-state index contributed by atoms with van der Waals surface area (Å²) in [7, 11) is 0. The number of halogens is 1. The molecule has 6 nitrogen and oxygen atoms in total. The standard InChI is InChI=1S/C19H13FN6/c20-14-9-5-4-8-13(14)10-15-22-16-18(23-15)21-11-26-19(16)24-17(25-26)12-6-2-1-3-7-12/h1-9,11H,10H2,(H,22,23). The summed E-state index contributed by atoms with van der Waals surface area (Å²) in [4.78, 5) is 16.6. The Bertz CT molecular complexity index is 1220. The molecule has 0 aliphatic rings. The van der Waals surface area contributed by atoms with Crippen molar-refractivity contribution in [3.05, 3.63) is 78.1 Å². The molecule has 0 atom stereocenters. The van der Waals surface area contributed by atoms with E-state index < -0.39 is 0 Å². The molecule has 0 amide bonds. The molecular formula is C19H13FN6. The molecule has 0 saturated heterocycles. The third kappa shape index (κ3) is 2.41. The highest BCUT2D eigenvalue weighted by molar-refractivity contribution is 5.85. The molecular weight excluding hydrogens is 331 g/mol. The van der Waals surface area contributed by atoms with Crippen LogP contribution in [-0.2, 0) is 6.42 Å². The molecule has 0 radical (unpaired) electrons. The fraction of sp³-hybridized carbons (Fsp3) is 0.0526. The molecule has 0 bridgehead atoms. The van der Waals surface area contributed by atoms with Crippen LogP contribution < -0.4 is 0 Å². The van der Waals surface area contributed by atoms with Gasteiger partial charge in [0.05, 0.1) is 0 Å². The lowest BCUT2D eigenvalue weighted by molar-refractivity contribution is 0.612. The maximum atomic E-state index is 13.9. The van der Waals surface area contributed by atoms with Gasteiger partial charge in [0.25, 0.3) is 0 Å². The number of benzene rings is 2. The Labute approximate surface area is 147 Å². The zero-order valence-electron chi connectivity index (χ0n) is 13.6. The topological polar surface area (TPSA) is 71.8 Å². The molecule has 5 rings (SSSR count). The minimum Gasteiger partial charge on any atom is -0.337 e. The number of hydrogen-bond donors (Lipinski definition) is 1. The van der Waals surface area contributed by atoms with Crippen LogP contribution in [0.1, 0.15) is 11.4 Å². The maximum Gasteiger partial charge on any atom is 0.185 e. The first-order valence-corrected chi connectivity index (χ1v) is 8.17. The van der Waals surface area contributed by atoms with Crippen molar-refractivity contribution < 1.29 is 4.39 Å². The molecule has 2 aromatic carbocycles. The number of aromatic nitrogens is 6. The van der Waals surface area contributed by atoms with E-state index in [0.29, 0.717) is 40.4 Å². The van der Waals surface area contributed by atoms with Crippen molar-refractivity contribution in [1.29, 1.82) is 0 Å². The fourth-order valence-corrected chi connectivity index (χ4v) is 2.96. The number of nitrogens with one attached hydrogen (secondary N) is 1. The Morgan fingerprint density at radius 1 is 0.962 bits per heavy atom. The molecule has 5 aromatic rings. The first-order valence-electron chi connectivity index (χ1n) is 8.17. The second-order valence-corrected chi connectivity index (χ2v) is 5.96. The van der Waals surface area contributed by atoms with Crippen molar-refractivity contribution in [2.75, 3.05) is 0 Å². The minimum atomic E-state index is -0.250. The van der Waals surface area contributed by atoms with E-state index in [4.69, 9.17) is 0 Å². The summed E-state index contributed by atoms with van der Waals surface area (Å²) in [5.41, 5.74) is 3.37. The normalized spacial score (nSPS) is 11.4. The summed E-state index contributed by atoms with van der Waals surface area (Å²) in [6.45, 7) is 0. The van der Waals surface area contributed by atoms with Gasteiger partial charge in [0.15, 0.2) is 17.1 Å². The average Bonchev–Trinajstić information content (AvgIpc) is 3.27. The van der Waals surface area contributed by atoms with E-state index >= 15 is 0 Å². The van der Waals surface area contributed by atoms with Gasteiger partial charge in [-0.15, -0.1) is 5.10 Å². The summed E-state index contributed by atoms with van der Waals surface area (Å²) in [5, 5.41) is 4.48. The van der Waals surface area contributed by atoms with Gasteiger partial charge in [-0.05, 0) is 11.6 Å². The molecule has 0 fully saturated rings. The third-order valence-electron chi connectivity index (χ3n) is 4.23. The number of aromatic amines is 1. The number of hydrogen-bond acceptors (Lipinski definition) is 4. The molecule has 7 heteroatoms. The third-order valence-corrected chi connectivity index (χ3v) is 4.23. The van der Waals surface area contributed by atoms with Gasteiger partial charge in [-0.2, -0.15) is 4.52 Å². The van der Waals surface area contributed by atoms with E-state index in [1.807, 2.05) is 36.4 Å². The molecule has 126 valence electrons. The summed E-state index contributed by atoms with van der Waals surface area (Å²) in [5.74, 6) is 1.00. The smallest absolute Gasteiger partial charge is 0.185 e. The minimum absolute atomic E-state index is 0.250. The number of nitrogens with zero attached hydrogens (tertiary/aromatic N) is 5. The Morgan fingerprint density at radius 3 is 2.62 bits per heavy atom. The molecule has 3 heterocycles. The van der Waals surface area contributed by atoms with Crippen LogP contribution in [0.3, 0.4) is 0 Å². The number of rotatable bonds is 3. The molecule has 1 N–H and O–H groups in total. The van der Waals surface area contributed by atoms with Gasteiger partial charge in [0.2, 0.25) is 0 Å². The van der Waals surface area contributed by atoms with E-state index in [2.05, 4.69) is 25.0 Å². The molecule has 0 aliphatic carbocycles. The molecule has 3 aromatic heterocycles. The van der Waals surface area contributed by atoms with E-state index in [-0.39, 0.29) is 5.82 Å². The van der Waals surface area contributed by atoms with E-state index in [9.17, 15) is 4.39 Å². The zero-order chi connectivity index (χ0) is 17.5. The summed E-state index contributed by atoms with van der Waals surface area (Å²) in [6, 6.07) is 16.4. The second kappa shape index (κ2) is 5.73. The predicted molar refractivity (Wildman–Crippen MR) is 95.1 cm³/mol. The summed E-state index contributed by atoms with van der Waals surface area (Å²) >= 11 is 0. The highest BCUT2D eigenvalue weighted by Gasteiger charge is 2.14.